The highest BCUT2D eigenvalue weighted by molar-refractivity contribution is 6.06. The van der Waals surface area contributed by atoms with Gasteiger partial charge in [0.1, 0.15) is 0 Å². The van der Waals surface area contributed by atoms with Crippen LogP contribution in [0.3, 0.4) is 0 Å². The number of nitrogens with one attached hydrogen (secondary N) is 1. The van der Waals surface area contributed by atoms with E-state index >= 15 is 0 Å². The number of hydrogen-bond donors (Lipinski definition) is 2. The fourth-order valence-corrected chi connectivity index (χ4v) is 4.11. The Morgan fingerprint density at radius 1 is 0.829 bits per heavy atom. The van der Waals surface area contributed by atoms with Gasteiger partial charge in [-0.15, -0.1) is 0 Å². The third-order valence-electron chi connectivity index (χ3n) is 5.95. The average Bonchev–Trinajstić information content (AvgIpc) is 3.31. The van der Waals surface area contributed by atoms with Gasteiger partial charge in [0, 0.05) is 29.9 Å². The molecule has 0 saturated carbocycles. The maximum absolute atomic E-state index is 13.1. The second kappa shape index (κ2) is 9.65. The number of carbonyl (C=O) groups excluding carboxylic acids is 1. The van der Waals surface area contributed by atoms with E-state index < -0.39 is 5.97 Å². The lowest BCUT2D eigenvalue weighted by molar-refractivity contribution is 0.0696. The zero-order valence-electron chi connectivity index (χ0n) is 18.9. The molecule has 0 atom stereocenters. The van der Waals surface area contributed by atoms with E-state index in [-0.39, 0.29) is 11.5 Å². The van der Waals surface area contributed by atoms with Crippen molar-refractivity contribution in [2.45, 2.75) is 13.1 Å². The molecule has 0 unspecified atom stereocenters. The number of nitrogens with zero attached hydrogens (tertiary/aromatic N) is 2. The summed E-state index contributed by atoms with van der Waals surface area (Å²) < 4.78 is 2.04. The van der Waals surface area contributed by atoms with Crippen LogP contribution in [0.1, 0.15) is 32.0 Å². The summed E-state index contributed by atoms with van der Waals surface area (Å²) in [5.41, 5.74) is 5.55. The second-order valence-electron chi connectivity index (χ2n) is 8.28. The number of fused-ring (bicyclic) bond motifs is 1. The SMILES string of the molecule is O=C(O)c1ccc(CNC(=O)c2cccc3ccn(Cc4ccc(-c5ccccc5)cn4)c23)cc1. The van der Waals surface area contributed by atoms with Crippen LogP contribution in [0.25, 0.3) is 22.0 Å². The molecule has 0 aliphatic heterocycles. The molecule has 0 spiro atoms. The number of amides is 1. The van der Waals surface area contributed by atoms with Crippen molar-refractivity contribution in [3.8, 4) is 11.1 Å². The zero-order chi connectivity index (χ0) is 24.2. The summed E-state index contributed by atoms with van der Waals surface area (Å²) in [5, 5.41) is 13.0. The fourth-order valence-electron chi connectivity index (χ4n) is 4.11. The van der Waals surface area contributed by atoms with E-state index in [1.54, 1.807) is 12.1 Å². The van der Waals surface area contributed by atoms with Gasteiger partial charge in [0.2, 0.25) is 0 Å². The lowest BCUT2D eigenvalue weighted by Gasteiger charge is -2.11. The number of benzene rings is 3. The van der Waals surface area contributed by atoms with Gasteiger partial charge < -0.3 is 15.0 Å². The lowest BCUT2D eigenvalue weighted by atomic mass is 10.1. The normalized spacial score (nSPS) is 10.9. The van der Waals surface area contributed by atoms with Crippen LogP contribution in [-0.4, -0.2) is 26.5 Å². The molecule has 0 aliphatic carbocycles. The average molecular weight is 462 g/mol. The standard InChI is InChI=1S/C29H23N3O3/c33-28(31-17-20-9-11-23(12-10-20)29(34)35)26-8-4-7-22-15-16-32(27(22)26)19-25-14-13-24(18-30-25)21-5-2-1-3-6-21/h1-16,18H,17,19H2,(H,31,33)(H,34,35). The van der Waals surface area contributed by atoms with Crippen molar-refractivity contribution >= 4 is 22.8 Å². The molecule has 1 amide bonds. The van der Waals surface area contributed by atoms with E-state index in [1.807, 2.05) is 65.5 Å². The zero-order valence-corrected chi connectivity index (χ0v) is 18.9. The number of carbonyl (C=O) groups is 2. The quantitative estimate of drug-likeness (QED) is 0.341. The molecular formula is C29H23N3O3. The summed E-state index contributed by atoms with van der Waals surface area (Å²) in [7, 11) is 0. The van der Waals surface area contributed by atoms with Crippen LogP contribution < -0.4 is 5.32 Å². The maximum atomic E-state index is 13.1. The molecule has 172 valence electrons. The van der Waals surface area contributed by atoms with Crippen LogP contribution in [-0.2, 0) is 13.1 Å². The monoisotopic (exact) mass is 461 g/mol. The number of hydrogen-bond acceptors (Lipinski definition) is 3. The number of carboxylic acids is 1. The highest BCUT2D eigenvalue weighted by Gasteiger charge is 2.14. The Kier molecular flexibility index (Phi) is 6.09. The van der Waals surface area contributed by atoms with Crippen LogP contribution >= 0.6 is 0 Å². The van der Waals surface area contributed by atoms with Crippen LogP contribution in [0.15, 0.2) is 103 Å². The van der Waals surface area contributed by atoms with Crippen LogP contribution in [0.5, 0.6) is 0 Å². The summed E-state index contributed by atoms with van der Waals surface area (Å²) in [6.45, 7) is 0.845. The topological polar surface area (TPSA) is 84.2 Å². The van der Waals surface area contributed by atoms with E-state index in [9.17, 15) is 9.59 Å². The number of aromatic nitrogens is 2. The number of rotatable bonds is 7. The van der Waals surface area contributed by atoms with Gasteiger partial charge in [-0.2, -0.15) is 0 Å². The van der Waals surface area contributed by atoms with Gasteiger partial charge in [-0.1, -0.05) is 60.7 Å². The van der Waals surface area contributed by atoms with Crippen molar-refractivity contribution < 1.29 is 14.7 Å². The van der Waals surface area contributed by atoms with Gasteiger partial charge in [0.05, 0.1) is 28.9 Å². The summed E-state index contributed by atoms with van der Waals surface area (Å²) in [5.74, 6) is -1.16. The lowest BCUT2D eigenvalue weighted by Crippen LogP contribution is -2.23. The van der Waals surface area contributed by atoms with Gasteiger partial charge in [-0.05, 0) is 41.5 Å². The molecular weight excluding hydrogens is 438 g/mol. The molecule has 2 N–H and O–H groups in total. The van der Waals surface area contributed by atoms with E-state index in [4.69, 9.17) is 5.11 Å². The van der Waals surface area contributed by atoms with Crippen molar-refractivity contribution in [2.24, 2.45) is 0 Å². The first-order valence-corrected chi connectivity index (χ1v) is 11.3. The minimum Gasteiger partial charge on any atom is -0.478 e. The van der Waals surface area contributed by atoms with Crippen LogP contribution in [0.2, 0.25) is 0 Å². The second-order valence-corrected chi connectivity index (χ2v) is 8.28. The Hall–Kier alpha value is -4.71. The van der Waals surface area contributed by atoms with E-state index in [2.05, 4.69) is 28.5 Å². The van der Waals surface area contributed by atoms with E-state index in [0.29, 0.717) is 18.7 Å². The molecule has 0 aliphatic rings. The Morgan fingerprint density at radius 3 is 2.34 bits per heavy atom. The molecule has 35 heavy (non-hydrogen) atoms. The summed E-state index contributed by atoms with van der Waals surface area (Å²) in [6.07, 6.45) is 3.85. The number of pyridine rings is 1. The third kappa shape index (κ3) is 4.82. The predicted octanol–water partition coefficient (Wildman–Crippen LogP) is 5.38. The molecule has 6 nitrogen and oxygen atoms in total. The highest BCUT2D eigenvalue weighted by atomic mass is 16.4. The number of para-hydroxylation sites is 1. The molecule has 3 aromatic carbocycles. The Bertz CT molecular complexity index is 1490. The van der Waals surface area contributed by atoms with Crippen LogP contribution in [0, 0.1) is 0 Å². The smallest absolute Gasteiger partial charge is 0.335 e. The molecule has 0 radical (unpaired) electrons. The largest absolute Gasteiger partial charge is 0.478 e. The first-order chi connectivity index (χ1) is 17.1. The van der Waals surface area contributed by atoms with Crippen LogP contribution in [0.4, 0.5) is 0 Å². The first kappa shape index (κ1) is 22.1. The van der Waals surface area contributed by atoms with Gasteiger partial charge in [-0.3, -0.25) is 9.78 Å². The minimum absolute atomic E-state index is 0.190. The summed E-state index contributed by atoms with van der Waals surface area (Å²) >= 11 is 0. The van der Waals surface area contributed by atoms with Gasteiger partial charge in [0.25, 0.3) is 5.91 Å². The van der Waals surface area contributed by atoms with Crippen molar-refractivity contribution in [1.29, 1.82) is 0 Å². The molecule has 0 saturated heterocycles. The van der Waals surface area contributed by atoms with E-state index in [0.717, 1.165) is 33.3 Å². The fraction of sp³-hybridized carbons (Fsp3) is 0.0690. The molecule has 0 fully saturated rings. The Labute approximate surface area is 202 Å². The van der Waals surface area contributed by atoms with Crippen molar-refractivity contribution in [1.82, 2.24) is 14.9 Å². The Morgan fingerprint density at radius 2 is 1.63 bits per heavy atom. The maximum Gasteiger partial charge on any atom is 0.335 e. The number of aromatic carboxylic acids is 1. The van der Waals surface area contributed by atoms with Crippen molar-refractivity contribution in [3.05, 3.63) is 126 Å². The third-order valence-corrected chi connectivity index (χ3v) is 5.95. The molecule has 5 aromatic rings. The minimum atomic E-state index is -0.975. The molecule has 0 bridgehead atoms. The van der Waals surface area contributed by atoms with E-state index in [1.165, 1.54) is 12.1 Å². The van der Waals surface area contributed by atoms with Crippen molar-refractivity contribution in [2.75, 3.05) is 0 Å². The first-order valence-electron chi connectivity index (χ1n) is 11.3. The van der Waals surface area contributed by atoms with Gasteiger partial charge in [-0.25, -0.2) is 4.79 Å². The molecule has 5 rings (SSSR count). The number of carboxylic acid groups (broad SMARTS) is 1. The summed E-state index contributed by atoms with van der Waals surface area (Å²) in [4.78, 5) is 28.8. The van der Waals surface area contributed by atoms with Gasteiger partial charge in [0.15, 0.2) is 0 Å². The highest BCUT2D eigenvalue weighted by Crippen LogP contribution is 2.23. The molecule has 2 aromatic heterocycles. The van der Waals surface area contributed by atoms with Gasteiger partial charge >= 0.3 is 5.97 Å². The molecule has 2 heterocycles. The predicted molar refractivity (Wildman–Crippen MR) is 135 cm³/mol. The van der Waals surface area contributed by atoms with Crippen molar-refractivity contribution in [3.63, 3.8) is 0 Å². The molecule has 6 heteroatoms. The Balaban J connectivity index is 1.34. The summed E-state index contributed by atoms with van der Waals surface area (Å²) in [6, 6.07) is 28.3.